The normalized spacial score (nSPS) is 17.9. The van der Waals surface area contributed by atoms with Crippen LogP contribution in [0, 0.1) is 17.2 Å². The van der Waals surface area contributed by atoms with Crippen LogP contribution in [0.1, 0.15) is 24.0 Å². The molecular formula is C14H18N2O. The molecule has 0 spiro atoms. The van der Waals surface area contributed by atoms with Crippen molar-refractivity contribution in [2.75, 3.05) is 13.1 Å². The highest BCUT2D eigenvalue weighted by Gasteiger charge is 2.18. The van der Waals surface area contributed by atoms with Gasteiger partial charge < -0.3 is 5.11 Å². The van der Waals surface area contributed by atoms with Crippen molar-refractivity contribution in [3.8, 4) is 6.07 Å². The Labute approximate surface area is 102 Å². The predicted octanol–water partition coefficient (Wildman–Crippen LogP) is 1.91. The highest BCUT2D eigenvalue weighted by atomic mass is 16.3. The first-order valence-electron chi connectivity index (χ1n) is 6.12. The molecule has 0 bridgehead atoms. The van der Waals surface area contributed by atoms with Crippen molar-refractivity contribution in [3.63, 3.8) is 0 Å². The summed E-state index contributed by atoms with van der Waals surface area (Å²) in [6, 6.07) is 10.4. The summed E-state index contributed by atoms with van der Waals surface area (Å²) in [6.07, 6.45) is 1.98. The van der Waals surface area contributed by atoms with Crippen LogP contribution >= 0.6 is 0 Å². The molecule has 1 heterocycles. The summed E-state index contributed by atoms with van der Waals surface area (Å²) in [5.41, 5.74) is 2.23. The standard InChI is InChI=1S/C14H18N2O/c15-9-12-5-7-16(8-6-12)10-13-1-3-14(11-17)4-2-13/h1-4,12,17H,5-8,10-11H2. The number of aliphatic hydroxyl groups is 1. The minimum Gasteiger partial charge on any atom is -0.392 e. The van der Waals surface area contributed by atoms with Gasteiger partial charge in [-0.1, -0.05) is 24.3 Å². The Hall–Kier alpha value is -1.37. The van der Waals surface area contributed by atoms with E-state index in [1.54, 1.807) is 0 Å². The summed E-state index contributed by atoms with van der Waals surface area (Å²) in [6.45, 7) is 3.08. The summed E-state index contributed by atoms with van der Waals surface area (Å²) in [5.74, 6) is 0.253. The molecule has 0 unspecified atom stereocenters. The molecule has 0 radical (unpaired) electrons. The van der Waals surface area contributed by atoms with Gasteiger partial charge in [-0.05, 0) is 37.1 Å². The van der Waals surface area contributed by atoms with Crippen LogP contribution in [0.5, 0.6) is 0 Å². The molecule has 1 aliphatic heterocycles. The van der Waals surface area contributed by atoms with Crippen LogP contribution in [0.2, 0.25) is 0 Å². The van der Waals surface area contributed by atoms with Gasteiger partial charge in [0.05, 0.1) is 12.7 Å². The summed E-state index contributed by atoms with van der Waals surface area (Å²) < 4.78 is 0. The first kappa shape index (κ1) is 12.1. The molecule has 3 heteroatoms. The Morgan fingerprint density at radius 2 is 1.76 bits per heavy atom. The van der Waals surface area contributed by atoms with Crippen molar-refractivity contribution >= 4 is 0 Å². The van der Waals surface area contributed by atoms with Crippen molar-refractivity contribution in [3.05, 3.63) is 35.4 Å². The molecule has 0 aromatic heterocycles. The zero-order chi connectivity index (χ0) is 12.1. The maximum Gasteiger partial charge on any atom is 0.0681 e. The van der Waals surface area contributed by atoms with Gasteiger partial charge in [0.15, 0.2) is 0 Å². The van der Waals surface area contributed by atoms with Crippen molar-refractivity contribution in [1.29, 1.82) is 5.26 Å². The average Bonchev–Trinajstić information content (AvgIpc) is 2.40. The van der Waals surface area contributed by atoms with E-state index in [-0.39, 0.29) is 12.5 Å². The topological polar surface area (TPSA) is 47.3 Å². The largest absolute Gasteiger partial charge is 0.392 e. The van der Waals surface area contributed by atoms with E-state index in [1.807, 2.05) is 12.1 Å². The lowest BCUT2D eigenvalue weighted by atomic mass is 9.98. The summed E-state index contributed by atoms with van der Waals surface area (Å²) in [7, 11) is 0. The molecule has 1 aromatic carbocycles. The lowest BCUT2D eigenvalue weighted by molar-refractivity contribution is 0.198. The average molecular weight is 230 g/mol. The SMILES string of the molecule is N#CC1CCN(Cc2ccc(CO)cc2)CC1. The molecule has 17 heavy (non-hydrogen) atoms. The van der Waals surface area contributed by atoms with Gasteiger partial charge in [0.25, 0.3) is 0 Å². The fraction of sp³-hybridized carbons (Fsp3) is 0.500. The van der Waals surface area contributed by atoms with E-state index in [0.29, 0.717) is 0 Å². The van der Waals surface area contributed by atoms with Crippen molar-refractivity contribution < 1.29 is 5.11 Å². The number of likely N-dealkylation sites (tertiary alicyclic amines) is 1. The molecule has 0 saturated carbocycles. The smallest absolute Gasteiger partial charge is 0.0681 e. The van der Waals surface area contributed by atoms with E-state index in [2.05, 4.69) is 23.1 Å². The Morgan fingerprint density at radius 3 is 2.29 bits per heavy atom. The van der Waals surface area contributed by atoms with Crippen molar-refractivity contribution in [2.45, 2.75) is 26.0 Å². The third-order valence-electron chi connectivity index (χ3n) is 3.38. The molecule has 0 atom stereocenters. The highest BCUT2D eigenvalue weighted by molar-refractivity contribution is 5.21. The summed E-state index contributed by atoms with van der Waals surface area (Å²) >= 11 is 0. The second kappa shape index (κ2) is 5.81. The van der Waals surface area contributed by atoms with E-state index >= 15 is 0 Å². The number of hydrogen-bond acceptors (Lipinski definition) is 3. The molecule has 1 saturated heterocycles. The molecule has 2 rings (SSSR count). The second-order valence-corrected chi connectivity index (χ2v) is 4.65. The molecule has 1 aromatic rings. The first-order chi connectivity index (χ1) is 8.31. The molecule has 0 aliphatic carbocycles. The van der Waals surface area contributed by atoms with Crippen molar-refractivity contribution in [1.82, 2.24) is 4.90 Å². The molecular weight excluding hydrogens is 212 g/mol. The predicted molar refractivity (Wildman–Crippen MR) is 66.0 cm³/mol. The summed E-state index contributed by atoms with van der Waals surface area (Å²) in [4.78, 5) is 2.39. The van der Waals surface area contributed by atoms with Gasteiger partial charge in [-0.25, -0.2) is 0 Å². The second-order valence-electron chi connectivity index (χ2n) is 4.65. The Kier molecular flexibility index (Phi) is 4.13. The van der Waals surface area contributed by atoms with Gasteiger partial charge in [0, 0.05) is 12.5 Å². The van der Waals surface area contributed by atoms with Crippen LogP contribution in [0.15, 0.2) is 24.3 Å². The van der Waals surface area contributed by atoms with E-state index in [9.17, 15) is 0 Å². The Bertz CT molecular complexity index is 386. The molecule has 1 fully saturated rings. The molecule has 1 aliphatic rings. The van der Waals surface area contributed by atoms with E-state index < -0.39 is 0 Å². The van der Waals surface area contributed by atoms with Crippen LogP contribution in [0.25, 0.3) is 0 Å². The van der Waals surface area contributed by atoms with E-state index in [1.165, 1.54) is 5.56 Å². The molecule has 1 N–H and O–H groups in total. The zero-order valence-corrected chi connectivity index (χ0v) is 9.97. The minimum absolute atomic E-state index is 0.105. The van der Waals surface area contributed by atoms with E-state index in [0.717, 1.165) is 38.0 Å². The van der Waals surface area contributed by atoms with Crippen LogP contribution in [-0.2, 0) is 13.2 Å². The van der Waals surface area contributed by atoms with Gasteiger partial charge in [-0.2, -0.15) is 5.26 Å². The lowest BCUT2D eigenvalue weighted by Gasteiger charge is -2.29. The number of hydrogen-bond donors (Lipinski definition) is 1. The van der Waals surface area contributed by atoms with Crippen LogP contribution in [0.3, 0.4) is 0 Å². The maximum atomic E-state index is 8.97. The third kappa shape index (κ3) is 3.29. The van der Waals surface area contributed by atoms with Gasteiger partial charge in [-0.3, -0.25) is 4.90 Å². The minimum atomic E-state index is 0.105. The Morgan fingerprint density at radius 1 is 1.18 bits per heavy atom. The van der Waals surface area contributed by atoms with Crippen molar-refractivity contribution in [2.24, 2.45) is 5.92 Å². The van der Waals surface area contributed by atoms with Gasteiger partial charge in [0.1, 0.15) is 0 Å². The number of nitrogens with zero attached hydrogens (tertiary/aromatic N) is 2. The third-order valence-corrected chi connectivity index (χ3v) is 3.38. The Balaban J connectivity index is 1.87. The quantitative estimate of drug-likeness (QED) is 0.863. The molecule has 90 valence electrons. The van der Waals surface area contributed by atoms with Gasteiger partial charge >= 0.3 is 0 Å². The fourth-order valence-electron chi connectivity index (χ4n) is 2.23. The number of rotatable bonds is 3. The number of piperidine rings is 1. The maximum absolute atomic E-state index is 8.97. The molecule has 0 amide bonds. The number of nitriles is 1. The van der Waals surface area contributed by atoms with E-state index in [4.69, 9.17) is 10.4 Å². The monoisotopic (exact) mass is 230 g/mol. The summed E-state index contributed by atoms with van der Waals surface area (Å²) in [5, 5.41) is 17.8. The van der Waals surface area contributed by atoms with Crippen LogP contribution in [0.4, 0.5) is 0 Å². The number of benzene rings is 1. The fourth-order valence-corrected chi connectivity index (χ4v) is 2.23. The van der Waals surface area contributed by atoms with Crippen LogP contribution in [-0.4, -0.2) is 23.1 Å². The highest BCUT2D eigenvalue weighted by Crippen LogP contribution is 2.18. The zero-order valence-electron chi connectivity index (χ0n) is 9.97. The lowest BCUT2D eigenvalue weighted by Crippen LogP contribution is -2.32. The first-order valence-corrected chi connectivity index (χ1v) is 6.12. The van der Waals surface area contributed by atoms with Gasteiger partial charge in [0.2, 0.25) is 0 Å². The van der Waals surface area contributed by atoms with Crippen LogP contribution < -0.4 is 0 Å². The van der Waals surface area contributed by atoms with Gasteiger partial charge in [-0.15, -0.1) is 0 Å². The number of aliphatic hydroxyl groups excluding tert-OH is 1. The molecule has 3 nitrogen and oxygen atoms in total.